The number of ether oxygens (including phenoxy) is 2. The van der Waals surface area contributed by atoms with Crippen molar-refractivity contribution in [3.05, 3.63) is 10.1 Å². The summed E-state index contributed by atoms with van der Waals surface area (Å²) in [7, 11) is 0. The molecule has 0 amide bonds. The van der Waals surface area contributed by atoms with Gasteiger partial charge in [0.15, 0.2) is 5.41 Å². The molecule has 108 valence electrons. The Hall–Kier alpha value is -1.66. The van der Waals surface area contributed by atoms with Gasteiger partial charge in [-0.2, -0.15) is 0 Å². The van der Waals surface area contributed by atoms with E-state index in [2.05, 4.69) is 0 Å². The topological polar surface area (TPSA) is 95.7 Å². The van der Waals surface area contributed by atoms with Crippen molar-refractivity contribution in [3.8, 4) is 0 Å². The summed E-state index contributed by atoms with van der Waals surface area (Å²) in [5.74, 6) is -1.49. The molecule has 7 nitrogen and oxygen atoms in total. The first-order chi connectivity index (χ1) is 8.84. The van der Waals surface area contributed by atoms with Gasteiger partial charge >= 0.3 is 11.9 Å². The van der Waals surface area contributed by atoms with Crippen molar-refractivity contribution in [2.24, 2.45) is 10.8 Å². The van der Waals surface area contributed by atoms with E-state index in [1.807, 2.05) is 0 Å². The van der Waals surface area contributed by atoms with Crippen molar-refractivity contribution in [2.75, 3.05) is 19.8 Å². The van der Waals surface area contributed by atoms with Gasteiger partial charge in [0.25, 0.3) is 0 Å². The molecule has 0 aromatic heterocycles. The van der Waals surface area contributed by atoms with Crippen molar-refractivity contribution in [1.29, 1.82) is 0 Å². The Labute approximate surface area is 111 Å². The van der Waals surface area contributed by atoms with Crippen molar-refractivity contribution in [2.45, 2.75) is 33.6 Å². The van der Waals surface area contributed by atoms with Gasteiger partial charge in [-0.05, 0) is 33.6 Å². The third-order valence-corrected chi connectivity index (χ3v) is 3.71. The Morgan fingerprint density at radius 2 is 1.63 bits per heavy atom. The Morgan fingerprint density at radius 3 is 1.89 bits per heavy atom. The van der Waals surface area contributed by atoms with Crippen LogP contribution in [-0.2, 0) is 19.1 Å². The summed E-state index contributed by atoms with van der Waals surface area (Å²) in [6, 6.07) is 0. The first-order valence-electron chi connectivity index (χ1n) is 6.30. The second kappa shape index (κ2) is 5.54. The van der Waals surface area contributed by atoms with Crippen LogP contribution in [0.15, 0.2) is 0 Å². The summed E-state index contributed by atoms with van der Waals surface area (Å²) in [6.07, 6.45) is 0.893. The van der Waals surface area contributed by atoms with Gasteiger partial charge in [-0.3, -0.25) is 19.7 Å². The monoisotopic (exact) mass is 273 g/mol. The molecule has 0 aliphatic heterocycles. The summed E-state index contributed by atoms with van der Waals surface area (Å²) in [4.78, 5) is 34.5. The quantitative estimate of drug-likeness (QED) is 0.299. The van der Waals surface area contributed by atoms with E-state index in [1.54, 1.807) is 13.8 Å². The van der Waals surface area contributed by atoms with Crippen molar-refractivity contribution < 1.29 is 24.0 Å². The fraction of sp³-hybridized carbons (Fsp3) is 0.833. The molecule has 0 atom stereocenters. The molecule has 19 heavy (non-hydrogen) atoms. The van der Waals surface area contributed by atoms with Crippen LogP contribution in [0.2, 0.25) is 0 Å². The fourth-order valence-corrected chi connectivity index (χ4v) is 2.28. The van der Waals surface area contributed by atoms with Crippen LogP contribution in [-0.4, -0.2) is 36.6 Å². The molecule has 0 unspecified atom stereocenters. The molecule has 0 N–H and O–H groups in total. The smallest absolute Gasteiger partial charge is 0.324 e. The Bertz CT molecular complexity index is 370. The minimum atomic E-state index is -1.61. The zero-order chi connectivity index (χ0) is 14.7. The maximum absolute atomic E-state index is 12.1. The van der Waals surface area contributed by atoms with E-state index in [4.69, 9.17) is 9.47 Å². The molecular formula is C12H19NO6. The van der Waals surface area contributed by atoms with Gasteiger partial charge in [-0.15, -0.1) is 0 Å². The lowest BCUT2D eigenvalue weighted by Crippen LogP contribution is -2.49. The average molecular weight is 273 g/mol. The number of hydrogen-bond acceptors (Lipinski definition) is 6. The van der Waals surface area contributed by atoms with Gasteiger partial charge in [-0.25, -0.2) is 0 Å². The van der Waals surface area contributed by atoms with Crippen molar-refractivity contribution in [1.82, 2.24) is 0 Å². The number of carbonyl (C=O) groups excluding carboxylic acids is 2. The highest BCUT2D eigenvalue weighted by atomic mass is 16.6. The van der Waals surface area contributed by atoms with Crippen LogP contribution in [0.25, 0.3) is 0 Å². The third kappa shape index (κ3) is 2.69. The molecule has 0 aromatic carbocycles. The second-order valence-electron chi connectivity index (χ2n) is 4.84. The Kier molecular flexibility index (Phi) is 4.49. The number of nitro groups is 1. The first-order valence-corrected chi connectivity index (χ1v) is 6.30. The van der Waals surface area contributed by atoms with Crippen LogP contribution in [0.3, 0.4) is 0 Å². The van der Waals surface area contributed by atoms with Gasteiger partial charge < -0.3 is 9.47 Å². The van der Waals surface area contributed by atoms with E-state index >= 15 is 0 Å². The molecule has 0 saturated heterocycles. The van der Waals surface area contributed by atoms with Crippen LogP contribution in [0.5, 0.6) is 0 Å². The third-order valence-electron chi connectivity index (χ3n) is 3.71. The van der Waals surface area contributed by atoms with E-state index in [0.29, 0.717) is 12.8 Å². The number of nitrogens with zero attached hydrogens (tertiary/aromatic N) is 1. The van der Waals surface area contributed by atoms with E-state index in [9.17, 15) is 19.7 Å². The number of esters is 2. The SMILES string of the molecule is CCOC(=O)C(C)(C(=O)OCC)C1(C[N+](=O)[O-])CC1. The van der Waals surface area contributed by atoms with E-state index in [1.165, 1.54) is 6.92 Å². The fourth-order valence-electron chi connectivity index (χ4n) is 2.28. The summed E-state index contributed by atoms with van der Waals surface area (Å²) in [5.41, 5.74) is -2.58. The van der Waals surface area contributed by atoms with Crippen LogP contribution in [0, 0.1) is 20.9 Å². The normalized spacial score (nSPS) is 16.6. The minimum absolute atomic E-state index is 0.113. The summed E-state index contributed by atoms with van der Waals surface area (Å²) < 4.78 is 9.84. The predicted molar refractivity (Wildman–Crippen MR) is 64.9 cm³/mol. The minimum Gasteiger partial charge on any atom is -0.465 e. The molecule has 0 spiro atoms. The number of carbonyl (C=O) groups is 2. The summed E-state index contributed by atoms with van der Waals surface area (Å²) >= 11 is 0. The largest absolute Gasteiger partial charge is 0.465 e. The molecule has 0 heterocycles. The van der Waals surface area contributed by atoms with Crippen LogP contribution >= 0.6 is 0 Å². The zero-order valence-corrected chi connectivity index (χ0v) is 11.4. The Morgan fingerprint density at radius 1 is 1.21 bits per heavy atom. The van der Waals surface area contributed by atoms with E-state index in [0.717, 1.165) is 0 Å². The lowest BCUT2D eigenvalue weighted by atomic mass is 9.73. The molecule has 1 aliphatic carbocycles. The van der Waals surface area contributed by atoms with Crippen molar-refractivity contribution in [3.63, 3.8) is 0 Å². The Balaban J connectivity index is 3.08. The van der Waals surface area contributed by atoms with Gasteiger partial charge in [0, 0.05) is 4.92 Å². The van der Waals surface area contributed by atoms with Gasteiger partial charge in [0.05, 0.1) is 18.6 Å². The summed E-state index contributed by atoms with van der Waals surface area (Å²) in [6.45, 7) is 4.43. The van der Waals surface area contributed by atoms with Crippen molar-refractivity contribution >= 4 is 11.9 Å². The number of rotatable bonds is 7. The zero-order valence-electron chi connectivity index (χ0n) is 11.4. The van der Waals surface area contributed by atoms with E-state index < -0.39 is 34.2 Å². The van der Waals surface area contributed by atoms with Gasteiger partial charge in [0.2, 0.25) is 6.54 Å². The molecule has 7 heteroatoms. The molecule has 1 rings (SSSR count). The molecular weight excluding hydrogens is 254 g/mol. The van der Waals surface area contributed by atoms with Gasteiger partial charge in [0.1, 0.15) is 0 Å². The van der Waals surface area contributed by atoms with Gasteiger partial charge in [-0.1, -0.05) is 0 Å². The first kappa shape index (κ1) is 15.4. The molecule has 0 bridgehead atoms. The maximum Gasteiger partial charge on any atom is 0.324 e. The molecule has 1 aliphatic rings. The highest BCUT2D eigenvalue weighted by Gasteiger charge is 2.69. The maximum atomic E-state index is 12.1. The second-order valence-corrected chi connectivity index (χ2v) is 4.84. The van der Waals surface area contributed by atoms with E-state index in [-0.39, 0.29) is 13.2 Å². The highest BCUT2D eigenvalue weighted by Crippen LogP contribution is 2.59. The lowest BCUT2D eigenvalue weighted by Gasteiger charge is -2.30. The lowest BCUT2D eigenvalue weighted by molar-refractivity contribution is -0.494. The highest BCUT2D eigenvalue weighted by molar-refractivity contribution is 6.01. The summed E-state index contributed by atoms with van der Waals surface area (Å²) in [5, 5.41) is 10.8. The molecule has 1 fully saturated rings. The standard InChI is InChI=1S/C12H19NO6/c1-4-18-9(14)11(3,10(15)19-5-2)12(6-7-12)8-13(16)17/h4-8H2,1-3H3. The average Bonchev–Trinajstić information content (AvgIpc) is 3.08. The molecule has 0 radical (unpaired) electrons. The molecule has 0 aromatic rings. The van der Waals surface area contributed by atoms with Crippen LogP contribution < -0.4 is 0 Å². The van der Waals surface area contributed by atoms with Crippen LogP contribution in [0.4, 0.5) is 0 Å². The molecule has 1 saturated carbocycles. The predicted octanol–water partition coefficient (Wildman–Crippen LogP) is 1.18. The van der Waals surface area contributed by atoms with Crippen LogP contribution in [0.1, 0.15) is 33.6 Å². The number of hydrogen-bond donors (Lipinski definition) is 0.